The maximum absolute atomic E-state index is 13.0. The zero-order valence-corrected chi connectivity index (χ0v) is 23.2. The van der Waals surface area contributed by atoms with Crippen molar-refractivity contribution in [1.29, 1.82) is 0 Å². The molecule has 0 radical (unpaired) electrons. The first-order chi connectivity index (χ1) is 18.2. The van der Waals surface area contributed by atoms with E-state index in [9.17, 15) is 9.90 Å². The van der Waals surface area contributed by atoms with Gasteiger partial charge in [0, 0.05) is 63.2 Å². The third-order valence-corrected chi connectivity index (χ3v) is 7.34. The molecule has 4 rings (SSSR count). The summed E-state index contributed by atoms with van der Waals surface area (Å²) < 4.78 is 12.7. The molecular formula is C29H39N5O4. The van der Waals surface area contributed by atoms with E-state index in [2.05, 4.69) is 52.1 Å². The number of β-amino-alcohol motifs (C(OH)–C–C–N with tert-alkyl or cyclic N) is 1. The smallest absolute Gasteiger partial charge is 0.271 e. The average Bonchev–Trinajstić information content (AvgIpc) is 3.22. The van der Waals surface area contributed by atoms with Crippen molar-refractivity contribution in [3.8, 4) is 17.2 Å². The normalized spacial score (nSPS) is 14.9. The number of anilines is 1. The van der Waals surface area contributed by atoms with Gasteiger partial charge in [0.25, 0.3) is 5.91 Å². The van der Waals surface area contributed by atoms with Crippen molar-refractivity contribution < 1.29 is 19.4 Å². The molecule has 9 nitrogen and oxygen atoms in total. The number of benzene rings is 2. The minimum absolute atomic E-state index is 0.161. The Hall–Kier alpha value is -3.56. The summed E-state index contributed by atoms with van der Waals surface area (Å²) in [7, 11) is 3.20. The van der Waals surface area contributed by atoms with Crippen molar-refractivity contribution in [2.24, 2.45) is 0 Å². The van der Waals surface area contributed by atoms with E-state index in [1.165, 1.54) is 16.8 Å². The van der Waals surface area contributed by atoms with Crippen molar-refractivity contribution in [3.05, 3.63) is 64.7 Å². The molecular weight excluding hydrogens is 482 g/mol. The third-order valence-electron chi connectivity index (χ3n) is 7.34. The summed E-state index contributed by atoms with van der Waals surface area (Å²) in [6.07, 6.45) is -0.669. The number of aromatic nitrogens is 2. The summed E-state index contributed by atoms with van der Waals surface area (Å²) in [5.74, 6) is 1.66. The molecule has 1 aromatic heterocycles. The lowest BCUT2D eigenvalue weighted by Crippen LogP contribution is -2.50. The average molecular weight is 522 g/mol. The lowest BCUT2D eigenvalue weighted by atomic mass is 10.1. The lowest BCUT2D eigenvalue weighted by Gasteiger charge is -2.37. The number of piperazine rings is 1. The fourth-order valence-corrected chi connectivity index (χ4v) is 5.06. The fraction of sp³-hybridized carbons (Fsp3) is 0.448. The summed E-state index contributed by atoms with van der Waals surface area (Å²) in [4.78, 5) is 22.2. The second kappa shape index (κ2) is 11.9. The topological polar surface area (TPSA) is 92.1 Å². The van der Waals surface area contributed by atoms with Crippen molar-refractivity contribution in [1.82, 2.24) is 19.8 Å². The maximum atomic E-state index is 13.0. The highest BCUT2D eigenvalue weighted by molar-refractivity contribution is 5.93. The summed E-state index contributed by atoms with van der Waals surface area (Å²) in [6.45, 7) is 12.2. The zero-order chi connectivity index (χ0) is 27.4. The van der Waals surface area contributed by atoms with Gasteiger partial charge in [-0.15, -0.1) is 0 Å². The Labute approximate surface area is 225 Å². The molecule has 1 unspecified atom stereocenters. The Morgan fingerprint density at radius 3 is 2.32 bits per heavy atom. The van der Waals surface area contributed by atoms with Crippen LogP contribution in [0.25, 0.3) is 5.69 Å². The molecule has 204 valence electrons. The van der Waals surface area contributed by atoms with E-state index in [0.29, 0.717) is 35.3 Å². The van der Waals surface area contributed by atoms with Gasteiger partial charge in [-0.2, -0.15) is 0 Å². The molecule has 38 heavy (non-hydrogen) atoms. The number of carbonyl (C=O) groups excluding carboxylic acids is 1. The van der Waals surface area contributed by atoms with Crippen LogP contribution in [0.2, 0.25) is 0 Å². The fourth-order valence-electron chi connectivity index (χ4n) is 5.06. The first-order valence-corrected chi connectivity index (χ1v) is 13.0. The molecule has 1 saturated heterocycles. The maximum Gasteiger partial charge on any atom is 0.271 e. The highest BCUT2D eigenvalue weighted by Gasteiger charge is 2.23. The molecule has 9 heteroatoms. The van der Waals surface area contributed by atoms with Crippen molar-refractivity contribution >= 4 is 11.6 Å². The van der Waals surface area contributed by atoms with Gasteiger partial charge in [-0.1, -0.05) is 12.1 Å². The molecule has 1 aliphatic rings. The van der Waals surface area contributed by atoms with Crippen molar-refractivity contribution in [3.63, 3.8) is 0 Å². The summed E-state index contributed by atoms with van der Waals surface area (Å²) >= 11 is 0. The molecule has 0 saturated carbocycles. The molecule has 1 amide bonds. The van der Waals surface area contributed by atoms with E-state index in [1.54, 1.807) is 20.3 Å². The van der Waals surface area contributed by atoms with E-state index < -0.39 is 6.10 Å². The van der Waals surface area contributed by atoms with Gasteiger partial charge in [0.1, 0.15) is 23.0 Å². The van der Waals surface area contributed by atoms with Gasteiger partial charge >= 0.3 is 0 Å². The molecule has 0 aliphatic carbocycles. The SMILES string of the molecule is COc1cc(OC)cc(-n2c(C)nc(C(=O)NCC(O)CN3CCN(c4cccc(C)c4C)CC3)c2C)c1. The van der Waals surface area contributed by atoms with E-state index in [4.69, 9.17) is 9.47 Å². The van der Waals surface area contributed by atoms with Crippen LogP contribution in [-0.4, -0.2) is 85.1 Å². The van der Waals surface area contributed by atoms with E-state index in [0.717, 1.165) is 31.9 Å². The van der Waals surface area contributed by atoms with Crippen LogP contribution in [-0.2, 0) is 0 Å². The molecule has 0 bridgehead atoms. The highest BCUT2D eigenvalue weighted by atomic mass is 16.5. The Balaban J connectivity index is 1.33. The number of carbonyl (C=O) groups is 1. The highest BCUT2D eigenvalue weighted by Crippen LogP contribution is 2.28. The van der Waals surface area contributed by atoms with Gasteiger partial charge in [-0.25, -0.2) is 4.98 Å². The number of nitrogens with zero attached hydrogens (tertiary/aromatic N) is 4. The molecule has 1 fully saturated rings. The number of aliphatic hydroxyl groups excluding tert-OH is 1. The Kier molecular flexibility index (Phi) is 8.58. The van der Waals surface area contributed by atoms with Crippen LogP contribution < -0.4 is 19.7 Å². The van der Waals surface area contributed by atoms with Crippen molar-refractivity contribution in [2.45, 2.75) is 33.8 Å². The van der Waals surface area contributed by atoms with E-state index in [-0.39, 0.29) is 12.5 Å². The Morgan fingerprint density at radius 2 is 1.68 bits per heavy atom. The molecule has 2 N–H and O–H groups in total. The van der Waals surface area contributed by atoms with Crippen LogP contribution >= 0.6 is 0 Å². The van der Waals surface area contributed by atoms with Crippen LogP contribution in [0, 0.1) is 27.7 Å². The van der Waals surface area contributed by atoms with E-state index >= 15 is 0 Å². The Morgan fingerprint density at radius 1 is 1.03 bits per heavy atom. The van der Waals surface area contributed by atoms with Crippen LogP contribution in [0.4, 0.5) is 5.69 Å². The van der Waals surface area contributed by atoms with Crippen LogP contribution in [0.5, 0.6) is 11.5 Å². The number of rotatable bonds is 9. The molecule has 2 heterocycles. The Bertz CT molecular complexity index is 1260. The molecule has 1 atom stereocenters. The number of hydrogen-bond acceptors (Lipinski definition) is 7. The summed E-state index contributed by atoms with van der Waals surface area (Å²) in [5.41, 5.74) is 5.74. The number of aliphatic hydroxyl groups is 1. The molecule has 3 aromatic rings. The molecule has 0 spiro atoms. The second-order valence-corrected chi connectivity index (χ2v) is 9.87. The third kappa shape index (κ3) is 5.95. The second-order valence-electron chi connectivity index (χ2n) is 9.87. The number of amides is 1. The van der Waals surface area contributed by atoms with Gasteiger partial charge in [0.2, 0.25) is 0 Å². The summed E-state index contributed by atoms with van der Waals surface area (Å²) in [5, 5.41) is 13.5. The van der Waals surface area contributed by atoms with Gasteiger partial charge in [0.15, 0.2) is 0 Å². The van der Waals surface area contributed by atoms with Crippen LogP contribution in [0.1, 0.15) is 33.1 Å². The van der Waals surface area contributed by atoms with Gasteiger partial charge in [-0.05, 0) is 44.9 Å². The monoisotopic (exact) mass is 521 g/mol. The summed E-state index contributed by atoms with van der Waals surface area (Å²) in [6, 6.07) is 12.0. The van der Waals surface area contributed by atoms with E-state index in [1.807, 2.05) is 30.5 Å². The lowest BCUT2D eigenvalue weighted by molar-refractivity contribution is 0.0847. The first-order valence-electron chi connectivity index (χ1n) is 13.0. The number of aryl methyl sites for hydroxylation is 2. The zero-order valence-electron chi connectivity index (χ0n) is 23.2. The number of hydrogen-bond donors (Lipinski definition) is 2. The minimum atomic E-state index is -0.669. The van der Waals surface area contributed by atoms with Crippen LogP contribution in [0.3, 0.4) is 0 Å². The van der Waals surface area contributed by atoms with Crippen LogP contribution in [0.15, 0.2) is 36.4 Å². The molecule has 1 aliphatic heterocycles. The quantitative estimate of drug-likeness (QED) is 0.447. The number of methoxy groups -OCH3 is 2. The van der Waals surface area contributed by atoms with Gasteiger partial charge < -0.3 is 29.4 Å². The first kappa shape index (κ1) is 27.5. The predicted octanol–water partition coefficient (Wildman–Crippen LogP) is 3.04. The molecule has 2 aromatic carbocycles. The number of nitrogens with one attached hydrogen (secondary N) is 1. The predicted molar refractivity (Wildman–Crippen MR) is 149 cm³/mol. The standard InChI is InChI=1S/C29H39N5O4/c1-19-8-7-9-27(20(19)2)33-12-10-32(11-13-33)18-24(35)17-30-29(36)28-21(3)34(22(4)31-28)23-14-25(37-5)16-26(15-23)38-6/h7-9,14-16,24,35H,10-13,17-18H2,1-6H3,(H,30,36). The minimum Gasteiger partial charge on any atom is -0.497 e. The van der Waals surface area contributed by atoms with Gasteiger partial charge in [0.05, 0.1) is 31.7 Å². The van der Waals surface area contributed by atoms with Gasteiger partial charge in [-0.3, -0.25) is 9.69 Å². The number of ether oxygens (including phenoxy) is 2. The number of imidazole rings is 1. The van der Waals surface area contributed by atoms with Crippen molar-refractivity contribution in [2.75, 3.05) is 58.4 Å². The largest absolute Gasteiger partial charge is 0.497 e.